The summed E-state index contributed by atoms with van der Waals surface area (Å²) in [4.78, 5) is 12.2. The van der Waals surface area contributed by atoms with Gasteiger partial charge in [0.05, 0.1) is 32.3 Å². The van der Waals surface area contributed by atoms with E-state index in [2.05, 4.69) is 10.0 Å². The summed E-state index contributed by atoms with van der Waals surface area (Å²) in [5.74, 6) is -0.523. The lowest BCUT2D eigenvalue weighted by molar-refractivity contribution is -0.125. The SMILES string of the molecule is COc1ccccc1S(=O)(=O)N[C@H]1C=C[C@@H](CC(=O)NCc2cccc(F)c2)O[C@@H]1CO. The smallest absolute Gasteiger partial charge is 0.244 e. The van der Waals surface area contributed by atoms with E-state index in [9.17, 15) is 22.7 Å². The van der Waals surface area contributed by atoms with Crippen molar-refractivity contribution in [3.05, 3.63) is 72.1 Å². The first-order valence-electron chi connectivity index (χ1n) is 9.93. The van der Waals surface area contributed by atoms with Crippen LogP contribution in [0, 0.1) is 5.82 Å². The second kappa shape index (κ2) is 10.7. The van der Waals surface area contributed by atoms with Gasteiger partial charge in [0.1, 0.15) is 22.6 Å². The molecule has 10 heteroatoms. The number of carbonyl (C=O) groups excluding carboxylic acids is 1. The van der Waals surface area contributed by atoms with E-state index in [1.54, 1.807) is 36.4 Å². The van der Waals surface area contributed by atoms with Crippen LogP contribution in [0.25, 0.3) is 0 Å². The fourth-order valence-corrected chi connectivity index (χ4v) is 4.69. The number of hydrogen-bond donors (Lipinski definition) is 3. The van der Waals surface area contributed by atoms with Crippen LogP contribution in [0.4, 0.5) is 4.39 Å². The predicted octanol–water partition coefficient (Wildman–Crippen LogP) is 1.50. The number of carbonyl (C=O) groups is 1. The molecule has 3 atom stereocenters. The van der Waals surface area contributed by atoms with Gasteiger partial charge in [-0.3, -0.25) is 4.79 Å². The van der Waals surface area contributed by atoms with Crippen LogP contribution in [0.3, 0.4) is 0 Å². The molecule has 2 aromatic carbocycles. The van der Waals surface area contributed by atoms with Crippen molar-refractivity contribution in [2.75, 3.05) is 13.7 Å². The number of amides is 1. The van der Waals surface area contributed by atoms with Gasteiger partial charge >= 0.3 is 0 Å². The third-order valence-corrected chi connectivity index (χ3v) is 6.38. The molecule has 1 amide bonds. The van der Waals surface area contributed by atoms with E-state index in [-0.39, 0.29) is 35.3 Å². The molecule has 0 spiro atoms. The summed E-state index contributed by atoms with van der Waals surface area (Å²) in [5, 5.41) is 12.4. The molecule has 3 rings (SSSR count). The van der Waals surface area contributed by atoms with Crippen LogP contribution >= 0.6 is 0 Å². The first-order chi connectivity index (χ1) is 15.3. The van der Waals surface area contributed by atoms with Crippen molar-refractivity contribution >= 4 is 15.9 Å². The largest absolute Gasteiger partial charge is 0.495 e. The number of rotatable bonds is 9. The minimum absolute atomic E-state index is 0.0334. The molecule has 1 aliphatic rings. The Morgan fingerprint density at radius 2 is 1.97 bits per heavy atom. The summed E-state index contributed by atoms with van der Waals surface area (Å²) >= 11 is 0. The van der Waals surface area contributed by atoms with Gasteiger partial charge in [-0.05, 0) is 29.8 Å². The summed E-state index contributed by atoms with van der Waals surface area (Å²) in [7, 11) is -2.58. The molecule has 0 aromatic heterocycles. The maximum Gasteiger partial charge on any atom is 0.244 e. The number of halogens is 1. The van der Waals surface area contributed by atoms with E-state index in [0.717, 1.165) is 0 Å². The molecular weight excluding hydrogens is 439 g/mol. The zero-order valence-corrected chi connectivity index (χ0v) is 18.2. The summed E-state index contributed by atoms with van der Waals surface area (Å²) in [5.41, 5.74) is 0.623. The Kier molecular flexibility index (Phi) is 7.97. The Morgan fingerprint density at radius 1 is 1.19 bits per heavy atom. The van der Waals surface area contributed by atoms with Crippen LogP contribution < -0.4 is 14.8 Å². The monoisotopic (exact) mass is 464 g/mol. The number of ether oxygens (including phenoxy) is 2. The van der Waals surface area contributed by atoms with Crippen molar-refractivity contribution < 1.29 is 32.2 Å². The van der Waals surface area contributed by atoms with Gasteiger partial charge in [0.15, 0.2) is 0 Å². The maximum atomic E-state index is 13.2. The van der Waals surface area contributed by atoms with Crippen molar-refractivity contribution in [3.63, 3.8) is 0 Å². The lowest BCUT2D eigenvalue weighted by Crippen LogP contribution is -2.49. The Balaban J connectivity index is 1.61. The number of hydrogen-bond acceptors (Lipinski definition) is 6. The van der Waals surface area contributed by atoms with E-state index >= 15 is 0 Å². The highest BCUT2D eigenvalue weighted by Gasteiger charge is 2.32. The Bertz CT molecular complexity index is 1080. The van der Waals surface area contributed by atoms with Crippen molar-refractivity contribution in [2.45, 2.75) is 36.1 Å². The number of sulfonamides is 1. The lowest BCUT2D eigenvalue weighted by atomic mass is 10.1. The van der Waals surface area contributed by atoms with Crippen molar-refractivity contribution in [1.29, 1.82) is 0 Å². The standard InChI is InChI=1S/C22H25FN2O6S/c1-30-19-7-2-3-8-21(19)32(28,29)25-18-10-9-17(31-20(18)14-26)12-22(27)24-13-15-5-4-6-16(23)11-15/h2-11,17-18,20,25-26H,12-14H2,1H3,(H,24,27)/t17-,18-,20+/m0/s1. The quantitative estimate of drug-likeness (QED) is 0.485. The molecule has 172 valence electrons. The molecule has 0 radical (unpaired) electrons. The van der Waals surface area contributed by atoms with Gasteiger partial charge < -0.3 is 19.9 Å². The second-order valence-corrected chi connectivity index (χ2v) is 8.87. The Morgan fingerprint density at radius 3 is 2.69 bits per heavy atom. The molecule has 0 bridgehead atoms. The number of aliphatic hydroxyl groups is 1. The van der Waals surface area contributed by atoms with E-state index < -0.39 is 34.9 Å². The molecule has 0 unspecified atom stereocenters. The highest BCUT2D eigenvalue weighted by atomic mass is 32.2. The molecule has 32 heavy (non-hydrogen) atoms. The second-order valence-electron chi connectivity index (χ2n) is 7.19. The molecule has 2 aromatic rings. The molecule has 8 nitrogen and oxygen atoms in total. The normalized spacial score (nSPS) is 20.7. The lowest BCUT2D eigenvalue weighted by Gasteiger charge is -2.31. The summed E-state index contributed by atoms with van der Waals surface area (Å²) in [6, 6.07) is 11.2. The zero-order valence-electron chi connectivity index (χ0n) is 17.4. The van der Waals surface area contributed by atoms with E-state index in [1.165, 1.54) is 31.4 Å². The van der Waals surface area contributed by atoms with Gasteiger partial charge in [-0.25, -0.2) is 17.5 Å². The molecule has 0 aliphatic carbocycles. The van der Waals surface area contributed by atoms with Gasteiger partial charge in [-0.2, -0.15) is 0 Å². The molecule has 0 saturated heterocycles. The summed E-state index contributed by atoms with van der Waals surface area (Å²) in [6.07, 6.45) is 1.57. The van der Waals surface area contributed by atoms with E-state index in [1.807, 2.05) is 0 Å². The average Bonchev–Trinajstić information content (AvgIpc) is 2.78. The molecule has 0 fully saturated rings. The highest BCUT2D eigenvalue weighted by molar-refractivity contribution is 7.89. The number of aliphatic hydroxyl groups excluding tert-OH is 1. The number of para-hydroxylation sites is 1. The summed E-state index contributed by atoms with van der Waals surface area (Å²) in [6.45, 7) is -0.289. The third kappa shape index (κ3) is 6.13. The first-order valence-corrected chi connectivity index (χ1v) is 11.4. The first kappa shape index (κ1) is 23.9. The van der Waals surface area contributed by atoms with Crippen LogP contribution in [-0.2, 0) is 26.1 Å². The van der Waals surface area contributed by atoms with Crippen molar-refractivity contribution in [3.8, 4) is 5.75 Å². The van der Waals surface area contributed by atoms with Crippen molar-refractivity contribution in [1.82, 2.24) is 10.0 Å². The topological polar surface area (TPSA) is 114 Å². The zero-order chi connectivity index (χ0) is 23.1. The average molecular weight is 465 g/mol. The van der Waals surface area contributed by atoms with Crippen LogP contribution in [0.5, 0.6) is 5.75 Å². The maximum absolute atomic E-state index is 13.2. The van der Waals surface area contributed by atoms with Gasteiger partial charge in [0, 0.05) is 6.54 Å². The van der Waals surface area contributed by atoms with Crippen LogP contribution in [0.15, 0.2) is 65.6 Å². The molecule has 1 heterocycles. The molecule has 0 saturated carbocycles. The predicted molar refractivity (Wildman–Crippen MR) is 115 cm³/mol. The van der Waals surface area contributed by atoms with E-state index in [4.69, 9.17) is 9.47 Å². The van der Waals surface area contributed by atoms with Gasteiger partial charge in [0.25, 0.3) is 0 Å². The fraction of sp³-hybridized carbons (Fsp3) is 0.318. The Hall–Kier alpha value is -2.79. The number of benzene rings is 2. The van der Waals surface area contributed by atoms with Crippen LogP contribution in [0.1, 0.15) is 12.0 Å². The number of methoxy groups -OCH3 is 1. The minimum Gasteiger partial charge on any atom is -0.495 e. The highest BCUT2D eigenvalue weighted by Crippen LogP contribution is 2.24. The third-order valence-electron chi connectivity index (χ3n) is 4.88. The van der Waals surface area contributed by atoms with Gasteiger partial charge in [0.2, 0.25) is 15.9 Å². The van der Waals surface area contributed by atoms with Gasteiger partial charge in [-0.15, -0.1) is 0 Å². The number of nitrogens with one attached hydrogen (secondary N) is 2. The molecule has 1 aliphatic heterocycles. The Labute approximate surface area is 186 Å². The molecular formula is C22H25FN2O6S. The summed E-state index contributed by atoms with van der Waals surface area (Å²) < 4.78 is 52.1. The fourth-order valence-electron chi connectivity index (χ4n) is 3.30. The minimum atomic E-state index is -3.96. The van der Waals surface area contributed by atoms with Crippen molar-refractivity contribution in [2.24, 2.45) is 0 Å². The van der Waals surface area contributed by atoms with Gasteiger partial charge in [-0.1, -0.05) is 36.4 Å². The van der Waals surface area contributed by atoms with Crippen LogP contribution in [0.2, 0.25) is 0 Å². The van der Waals surface area contributed by atoms with E-state index in [0.29, 0.717) is 5.56 Å². The molecule has 3 N–H and O–H groups in total. The van der Waals surface area contributed by atoms with Crippen LogP contribution in [-0.4, -0.2) is 51.4 Å².